The topological polar surface area (TPSA) is 18.5 Å². The fourth-order valence-corrected chi connectivity index (χ4v) is 1.78. The maximum absolute atomic E-state index is 5.86. The molecule has 2 nitrogen and oxygen atoms in total. The molecule has 0 saturated heterocycles. The van der Waals surface area contributed by atoms with Crippen molar-refractivity contribution in [3.05, 3.63) is 29.8 Å². The van der Waals surface area contributed by atoms with E-state index in [0.717, 1.165) is 36.5 Å². The Morgan fingerprint density at radius 2 is 2.12 bits per heavy atom. The van der Waals surface area contributed by atoms with Gasteiger partial charge in [-0.2, -0.15) is 0 Å². The Morgan fingerprint density at radius 1 is 1.29 bits per heavy atom. The predicted molar refractivity (Wildman–Crippen MR) is 70.6 cm³/mol. The summed E-state index contributed by atoms with van der Waals surface area (Å²) in [4.78, 5) is 0. The van der Waals surface area contributed by atoms with Crippen molar-refractivity contribution >= 4 is 6.08 Å². The first-order valence-corrected chi connectivity index (χ1v) is 6.26. The van der Waals surface area contributed by atoms with E-state index >= 15 is 0 Å². The lowest BCUT2D eigenvalue weighted by Gasteiger charge is -2.27. The summed E-state index contributed by atoms with van der Waals surface area (Å²) >= 11 is 0. The van der Waals surface area contributed by atoms with Gasteiger partial charge in [0.15, 0.2) is 0 Å². The van der Waals surface area contributed by atoms with Crippen LogP contribution in [0.5, 0.6) is 11.5 Å². The van der Waals surface area contributed by atoms with E-state index < -0.39 is 0 Å². The second-order valence-electron chi connectivity index (χ2n) is 4.94. The SMILES string of the molecule is CCCCOc1ccc2c(c1)C=CC(C)(C)O2. The van der Waals surface area contributed by atoms with Crippen molar-refractivity contribution in [1.29, 1.82) is 0 Å². The van der Waals surface area contributed by atoms with E-state index in [2.05, 4.69) is 32.9 Å². The number of benzene rings is 1. The molecule has 0 aromatic heterocycles. The number of hydrogen-bond donors (Lipinski definition) is 0. The van der Waals surface area contributed by atoms with Crippen LogP contribution in [0, 0.1) is 0 Å². The van der Waals surface area contributed by atoms with E-state index in [0.29, 0.717) is 0 Å². The zero-order valence-corrected chi connectivity index (χ0v) is 10.8. The Bertz CT molecular complexity index is 419. The molecule has 0 aliphatic carbocycles. The lowest BCUT2D eigenvalue weighted by molar-refractivity contribution is 0.158. The Hall–Kier alpha value is -1.44. The minimum Gasteiger partial charge on any atom is -0.494 e. The maximum Gasteiger partial charge on any atom is 0.128 e. The molecule has 1 aromatic carbocycles. The lowest BCUT2D eigenvalue weighted by atomic mass is 10.0. The van der Waals surface area contributed by atoms with Crippen molar-refractivity contribution in [3.63, 3.8) is 0 Å². The van der Waals surface area contributed by atoms with Crippen LogP contribution in [0.2, 0.25) is 0 Å². The molecule has 2 rings (SSSR count). The van der Waals surface area contributed by atoms with Crippen molar-refractivity contribution < 1.29 is 9.47 Å². The number of ether oxygens (including phenoxy) is 2. The summed E-state index contributed by atoms with van der Waals surface area (Å²) < 4.78 is 11.5. The third kappa shape index (κ3) is 3.02. The predicted octanol–water partition coefficient (Wildman–Crippen LogP) is 4.05. The molecule has 17 heavy (non-hydrogen) atoms. The van der Waals surface area contributed by atoms with E-state index in [9.17, 15) is 0 Å². The first-order chi connectivity index (χ1) is 8.11. The Kier molecular flexibility index (Phi) is 3.41. The number of fused-ring (bicyclic) bond motifs is 1. The fraction of sp³-hybridized carbons (Fsp3) is 0.467. The van der Waals surface area contributed by atoms with Crippen LogP contribution in [0.15, 0.2) is 24.3 Å². The van der Waals surface area contributed by atoms with Crippen molar-refractivity contribution in [2.75, 3.05) is 6.61 Å². The molecule has 92 valence electrons. The molecule has 0 fully saturated rings. The Labute approximate surface area is 103 Å². The highest BCUT2D eigenvalue weighted by Gasteiger charge is 2.21. The molecule has 0 bridgehead atoms. The van der Waals surface area contributed by atoms with E-state index in [1.165, 1.54) is 0 Å². The van der Waals surface area contributed by atoms with Gasteiger partial charge in [-0.1, -0.05) is 19.4 Å². The highest BCUT2D eigenvalue weighted by molar-refractivity contribution is 5.62. The Morgan fingerprint density at radius 3 is 2.88 bits per heavy atom. The third-order valence-corrected chi connectivity index (χ3v) is 2.79. The fourth-order valence-electron chi connectivity index (χ4n) is 1.78. The standard InChI is InChI=1S/C15H20O2/c1-4-5-10-16-13-6-7-14-12(11-13)8-9-15(2,3)17-14/h6-9,11H,4-5,10H2,1-3H3. The lowest BCUT2D eigenvalue weighted by Crippen LogP contribution is -2.27. The smallest absolute Gasteiger partial charge is 0.128 e. The first-order valence-electron chi connectivity index (χ1n) is 6.26. The first kappa shape index (κ1) is 12.0. The zero-order chi connectivity index (χ0) is 12.3. The van der Waals surface area contributed by atoms with Crippen LogP contribution in [0.4, 0.5) is 0 Å². The molecule has 0 amide bonds. The summed E-state index contributed by atoms with van der Waals surface area (Å²) in [5.41, 5.74) is 0.885. The summed E-state index contributed by atoms with van der Waals surface area (Å²) in [6.07, 6.45) is 6.43. The largest absolute Gasteiger partial charge is 0.494 e. The van der Waals surface area contributed by atoms with Crippen LogP contribution in [0.1, 0.15) is 39.2 Å². The zero-order valence-electron chi connectivity index (χ0n) is 10.8. The molecule has 1 aliphatic heterocycles. The maximum atomic E-state index is 5.86. The summed E-state index contributed by atoms with van der Waals surface area (Å²) in [7, 11) is 0. The van der Waals surface area contributed by atoms with Gasteiger partial charge in [-0.15, -0.1) is 0 Å². The van der Waals surface area contributed by atoms with Gasteiger partial charge < -0.3 is 9.47 Å². The molecule has 2 heteroatoms. The van der Waals surface area contributed by atoms with Gasteiger partial charge in [-0.05, 0) is 44.5 Å². The number of rotatable bonds is 4. The molecule has 0 N–H and O–H groups in total. The minimum absolute atomic E-state index is 0.211. The minimum atomic E-state index is -0.211. The summed E-state index contributed by atoms with van der Waals surface area (Å²) in [5, 5.41) is 0. The molecular weight excluding hydrogens is 212 g/mol. The molecule has 0 unspecified atom stereocenters. The molecule has 0 radical (unpaired) electrons. The molecule has 0 spiro atoms. The highest BCUT2D eigenvalue weighted by Crippen LogP contribution is 2.33. The Balaban J connectivity index is 2.10. The van der Waals surface area contributed by atoms with Gasteiger partial charge >= 0.3 is 0 Å². The van der Waals surface area contributed by atoms with E-state index in [-0.39, 0.29) is 5.60 Å². The van der Waals surface area contributed by atoms with E-state index in [1.807, 2.05) is 18.2 Å². The van der Waals surface area contributed by atoms with E-state index in [1.54, 1.807) is 0 Å². The quantitative estimate of drug-likeness (QED) is 0.729. The molecule has 0 atom stereocenters. The van der Waals surface area contributed by atoms with Crippen LogP contribution in [0.3, 0.4) is 0 Å². The second kappa shape index (κ2) is 4.82. The van der Waals surface area contributed by atoms with Crippen molar-refractivity contribution in [2.45, 2.75) is 39.2 Å². The number of hydrogen-bond acceptors (Lipinski definition) is 2. The van der Waals surface area contributed by atoms with Crippen molar-refractivity contribution in [3.8, 4) is 11.5 Å². The van der Waals surface area contributed by atoms with Crippen LogP contribution in [-0.4, -0.2) is 12.2 Å². The average Bonchev–Trinajstić information content (AvgIpc) is 2.29. The highest BCUT2D eigenvalue weighted by atomic mass is 16.5. The van der Waals surface area contributed by atoms with Crippen LogP contribution in [-0.2, 0) is 0 Å². The van der Waals surface area contributed by atoms with Gasteiger partial charge in [-0.3, -0.25) is 0 Å². The number of unbranched alkanes of at least 4 members (excludes halogenated alkanes) is 1. The van der Waals surface area contributed by atoms with Gasteiger partial charge in [0.05, 0.1) is 6.61 Å². The molecular formula is C15H20O2. The molecule has 1 aliphatic rings. The summed E-state index contributed by atoms with van der Waals surface area (Å²) in [6.45, 7) is 7.05. The summed E-state index contributed by atoms with van der Waals surface area (Å²) in [6, 6.07) is 6.00. The molecule has 1 aromatic rings. The average molecular weight is 232 g/mol. The van der Waals surface area contributed by atoms with Crippen LogP contribution in [0.25, 0.3) is 6.08 Å². The van der Waals surface area contributed by atoms with Crippen molar-refractivity contribution in [2.24, 2.45) is 0 Å². The molecule has 1 heterocycles. The monoisotopic (exact) mass is 232 g/mol. The second-order valence-corrected chi connectivity index (χ2v) is 4.94. The van der Waals surface area contributed by atoms with Crippen molar-refractivity contribution in [1.82, 2.24) is 0 Å². The van der Waals surface area contributed by atoms with Gasteiger partial charge in [0, 0.05) is 5.56 Å². The van der Waals surface area contributed by atoms with Gasteiger partial charge in [0.25, 0.3) is 0 Å². The molecule has 0 saturated carbocycles. The summed E-state index contributed by atoms with van der Waals surface area (Å²) in [5.74, 6) is 1.85. The third-order valence-electron chi connectivity index (χ3n) is 2.79. The van der Waals surface area contributed by atoms with Crippen LogP contribution < -0.4 is 9.47 Å². The van der Waals surface area contributed by atoms with Gasteiger partial charge in [-0.25, -0.2) is 0 Å². The van der Waals surface area contributed by atoms with Gasteiger partial charge in [0.2, 0.25) is 0 Å². The normalized spacial score (nSPS) is 16.2. The van der Waals surface area contributed by atoms with Crippen LogP contribution >= 0.6 is 0 Å². The van der Waals surface area contributed by atoms with Gasteiger partial charge in [0.1, 0.15) is 17.1 Å². The van der Waals surface area contributed by atoms with E-state index in [4.69, 9.17) is 9.47 Å².